The summed E-state index contributed by atoms with van der Waals surface area (Å²) in [4.78, 5) is 5.40. The van der Waals surface area contributed by atoms with E-state index in [-0.39, 0.29) is 5.41 Å². The fourth-order valence-electron chi connectivity index (χ4n) is 9.18. The van der Waals surface area contributed by atoms with Crippen LogP contribution in [-0.4, -0.2) is 4.98 Å². The maximum atomic E-state index is 5.40. The van der Waals surface area contributed by atoms with Gasteiger partial charge in [-0.05, 0) is 78.9 Å². The Morgan fingerprint density at radius 2 is 0.863 bits per heavy atom. The second-order valence-electron chi connectivity index (χ2n) is 13.8. The van der Waals surface area contributed by atoms with Crippen molar-refractivity contribution in [2.45, 2.75) is 5.41 Å². The fourth-order valence-corrected chi connectivity index (χ4v) is 9.18. The Kier molecular flexibility index (Phi) is 5.94. The van der Waals surface area contributed by atoms with Crippen LogP contribution in [0.25, 0.3) is 77.4 Å². The van der Waals surface area contributed by atoms with E-state index in [2.05, 4.69) is 188 Å². The Morgan fingerprint density at radius 3 is 1.59 bits per heavy atom. The SMILES string of the molecule is c1ccc(-c2ccc(-c3cccc(-c4nc5ccccc5c5c6c(ccc45)C4(c5ccccc5-c5ccccc54)c4ccccc4-6)c3)cc2)cc1. The minimum Gasteiger partial charge on any atom is -0.247 e. The first-order chi connectivity index (χ1) is 25.3. The van der Waals surface area contributed by atoms with Gasteiger partial charge in [0.1, 0.15) is 0 Å². The largest absolute Gasteiger partial charge is 0.247 e. The Labute approximate surface area is 297 Å². The molecule has 0 atom stereocenters. The standard InChI is InChI=1S/C50H31N/c1-2-13-32(14-3-1)33-25-27-34(28-26-33)35-15-12-16-36(31-35)49-41-29-30-45-48(47(41)40-20-7-11-24-46(40)51-49)39-19-6-10-23-44(39)50(45)42-21-8-4-17-37(42)38-18-5-9-22-43(38)50/h1-31H. The first-order valence-corrected chi connectivity index (χ1v) is 17.7. The number of nitrogens with zero attached hydrogens (tertiary/aromatic N) is 1. The van der Waals surface area contributed by atoms with E-state index in [1.165, 1.54) is 82.9 Å². The highest BCUT2D eigenvalue weighted by Crippen LogP contribution is 2.64. The third-order valence-corrected chi connectivity index (χ3v) is 11.3. The quantitative estimate of drug-likeness (QED) is 0.174. The molecule has 0 N–H and O–H groups in total. The van der Waals surface area contributed by atoms with Gasteiger partial charge in [-0.3, -0.25) is 0 Å². The number of pyridine rings is 1. The lowest BCUT2D eigenvalue weighted by atomic mass is 9.70. The summed E-state index contributed by atoms with van der Waals surface area (Å²) in [5.74, 6) is 0. The van der Waals surface area contributed by atoms with Gasteiger partial charge in [0, 0.05) is 21.7 Å². The molecule has 8 aromatic carbocycles. The van der Waals surface area contributed by atoms with E-state index in [4.69, 9.17) is 4.98 Å². The average molecular weight is 646 g/mol. The molecule has 0 saturated heterocycles. The van der Waals surface area contributed by atoms with Crippen LogP contribution in [0.4, 0.5) is 0 Å². The Morgan fingerprint density at radius 1 is 0.333 bits per heavy atom. The van der Waals surface area contributed by atoms with E-state index < -0.39 is 0 Å². The van der Waals surface area contributed by atoms with Crippen molar-refractivity contribution in [3.63, 3.8) is 0 Å². The summed E-state index contributed by atoms with van der Waals surface area (Å²) in [5.41, 5.74) is 18.3. The number of rotatable bonds is 3. The maximum absolute atomic E-state index is 5.40. The number of benzene rings is 8. The van der Waals surface area contributed by atoms with Gasteiger partial charge in [-0.1, -0.05) is 176 Å². The van der Waals surface area contributed by atoms with Crippen molar-refractivity contribution in [3.8, 4) is 55.8 Å². The van der Waals surface area contributed by atoms with Crippen LogP contribution in [0, 0.1) is 0 Å². The molecule has 9 aromatic rings. The molecule has 1 heterocycles. The molecule has 1 heteroatoms. The van der Waals surface area contributed by atoms with Crippen molar-refractivity contribution >= 4 is 21.7 Å². The zero-order chi connectivity index (χ0) is 33.5. The molecule has 2 aliphatic rings. The molecule has 236 valence electrons. The molecule has 0 saturated carbocycles. The van der Waals surface area contributed by atoms with Crippen LogP contribution in [0.1, 0.15) is 22.3 Å². The second-order valence-corrected chi connectivity index (χ2v) is 13.8. The van der Waals surface area contributed by atoms with Crippen molar-refractivity contribution in [1.29, 1.82) is 0 Å². The van der Waals surface area contributed by atoms with E-state index in [0.717, 1.165) is 16.8 Å². The van der Waals surface area contributed by atoms with Gasteiger partial charge in [0.2, 0.25) is 0 Å². The minimum atomic E-state index is -0.385. The lowest BCUT2D eigenvalue weighted by Gasteiger charge is -2.30. The molecule has 0 fully saturated rings. The van der Waals surface area contributed by atoms with Gasteiger partial charge in [-0.25, -0.2) is 4.98 Å². The van der Waals surface area contributed by atoms with Gasteiger partial charge in [-0.2, -0.15) is 0 Å². The van der Waals surface area contributed by atoms with E-state index in [9.17, 15) is 0 Å². The molecule has 0 radical (unpaired) electrons. The van der Waals surface area contributed by atoms with Crippen LogP contribution in [-0.2, 0) is 5.41 Å². The summed E-state index contributed by atoms with van der Waals surface area (Å²) in [6, 6.07) is 68.9. The Balaban J connectivity index is 1.17. The summed E-state index contributed by atoms with van der Waals surface area (Å²) < 4.78 is 0. The van der Waals surface area contributed by atoms with Crippen molar-refractivity contribution in [2.75, 3.05) is 0 Å². The van der Waals surface area contributed by atoms with Crippen LogP contribution in [0.5, 0.6) is 0 Å². The molecule has 0 aliphatic heterocycles. The maximum Gasteiger partial charge on any atom is 0.0788 e. The molecule has 1 aromatic heterocycles. The van der Waals surface area contributed by atoms with Gasteiger partial charge in [0.25, 0.3) is 0 Å². The summed E-state index contributed by atoms with van der Waals surface area (Å²) in [6.07, 6.45) is 0. The summed E-state index contributed by atoms with van der Waals surface area (Å²) in [6.45, 7) is 0. The topological polar surface area (TPSA) is 12.9 Å². The van der Waals surface area contributed by atoms with Crippen molar-refractivity contribution in [1.82, 2.24) is 4.98 Å². The van der Waals surface area contributed by atoms with Crippen molar-refractivity contribution < 1.29 is 0 Å². The summed E-state index contributed by atoms with van der Waals surface area (Å²) in [7, 11) is 0. The second kappa shape index (κ2) is 10.7. The number of fused-ring (bicyclic) bond motifs is 14. The average Bonchev–Trinajstić information content (AvgIpc) is 3.68. The summed E-state index contributed by atoms with van der Waals surface area (Å²) in [5, 5.41) is 3.64. The Hall–Kier alpha value is -6.57. The number of para-hydroxylation sites is 1. The highest BCUT2D eigenvalue weighted by Gasteiger charge is 2.52. The third-order valence-electron chi connectivity index (χ3n) is 11.3. The minimum absolute atomic E-state index is 0.385. The highest BCUT2D eigenvalue weighted by atomic mass is 14.7. The zero-order valence-electron chi connectivity index (χ0n) is 27.8. The van der Waals surface area contributed by atoms with Crippen LogP contribution in [0.15, 0.2) is 188 Å². The first kappa shape index (κ1) is 28.3. The third kappa shape index (κ3) is 3.89. The predicted octanol–water partition coefficient (Wildman–Crippen LogP) is 12.7. The molecule has 2 aliphatic carbocycles. The van der Waals surface area contributed by atoms with E-state index >= 15 is 0 Å². The van der Waals surface area contributed by atoms with Gasteiger partial charge in [0.05, 0.1) is 16.6 Å². The molecular formula is C50H31N. The molecule has 0 unspecified atom stereocenters. The van der Waals surface area contributed by atoms with Gasteiger partial charge in [0.15, 0.2) is 0 Å². The molecule has 1 spiro atoms. The highest BCUT2D eigenvalue weighted by molar-refractivity contribution is 6.20. The summed E-state index contributed by atoms with van der Waals surface area (Å²) >= 11 is 0. The van der Waals surface area contributed by atoms with Crippen LogP contribution in [0.2, 0.25) is 0 Å². The van der Waals surface area contributed by atoms with Crippen LogP contribution >= 0.6 is 0 Å². The van der Waals surface area contributed by atoms with E-state index in [1.54, 1.807) is 0 Å². The molecule has 0 bridgehead atoms. The van der Waals surface area contributed by atoms with E-state index in [0.29, 0.717) is 0 Å². The van der Waals surface area contributed by atoms with Crippen molar-refractivity contribution in [2.24, 2.45) is 0 Å². The normalized spacial score (nSPS) is 13.3. The van der Waals surface area contributed by atoms with Gasteiger partial charge < -0.3 is 0 Å². The number of aromatic nitrogens is 1. The lowest BCUT2D eigenvalue weighted by molar-refractivity contribution is 0.794. The molecule has 1 nitrogen and oxygen atoms in total. The first-order valence-electron chi connectivity index (χ1n) is 17.7. The molecule has 51 heavy (non-hydrogen) atoms. The molecule has 0 amide bonds. The predicted molar refractivity (Wildman–Crippen MR) is 212 cm³/mol. The monoisotopic (exact) mass is 645 g/mol. The Bertz CT molecular complexity index is 2800. The van der Waals surface area contributed by atoms with Crippen LogP contribution < -0.4 is 0 Å². The number of hydrogen-bond acceptors (Lipinski definition) is 1. The zero-order valence-corrected chi connectivity index (χ0v) is 27.8. The van der Waals surface area contributed by atoms with Crippen LogP contribution in [0.3, 0.4) is 0 Å². The molecule has 11 rings (SSSR count). The van der Waals surface area contributed by atoms with Gasteiger partial charge >= 0.3 is 0 Å². The van der Waals surface area contributed by atoms with Gasteiger partial charge in [-0.15, -0.1) is 0 Å². The fraction of sp³-hybridized carbons (Fsp3) is 0.0200. The molecular weight excluding hydrogens is 615 g/mol. The van der Waals surface area contributed by atoms with Crippen molar-refractivity contribution in [3.05, 3.63) is 210 Å². The smallest absolute Gasteiger partial charge is 0.0788 e. The lowest BCUT2D eigenvalue weighted by Crippen LogP contribution is -2.25. The van der Waals surface area contributed by atoms with E-state index in [1.807, 2.05) is 0 Å². The number of hydrogen-bond donors (Lipinski definition) is 0.